The predicted molar refractivity (Wildman–Crippen MR) is 76.8 cm³/mol. The van der Waals surface area contributed by atoms with E-state index in [1.54, 1.807) is 25.3 Å². The second-order valence-electron chi connectivity index (χ2n) is 4.37. The fourth-order valence-corrected chi connectivity index (χ4v) is 2.92. The van der Waals surface area contributed by atoms with Crippen LogP contribution in [0.1, 0.15) is 5.56 Å². The summed E-state index contributed by atoms with van der Waals surface area (Å²) < 4.78 is 36.1. The first-order valence-corrected chi connectivity index (χ1v) is 7.58. The van der Waals surface area contributed by atoms with E-state index in [4.69, 9.17) is 9.47 Å². The lowest BCUT2D eigenvalue weighted by Gasteiger charge is -2.17. The molecule has 0 amide bonds. The number of benzene rings is 1. The number of methoxy groups -OCH3 is 2. The highest BCUT2D eigenvalue weighted by molar-refractivity contribution is 7.89. The van der Waals surface area contributed by atoms with Crippen LogP contribution in [-0.2, 0) is 16.6 Å². The highest BCUT2D eigenvalue weighted by Crippen LogP contribution is 2.28. The maximum absolute atomic E-state index is 12.3. The maximum atomic E-state index is 12.3. The average molecular weight is 311 g/mol. The van der Waals surface area contributed by atoms with Crippen molar-refractivity contribution in [2.45, 2.75) is 11.6 Å². The number of aromatic nitrogens is 2. The molecule has 1 aromatic heterocycles. The van der Waals surface area contributed by atoms with Gasteiger partial charge in [0.05, 0.1) is 26.7 Å². The highest BCUT2D eigenvalue weighted by atomic mass is 32.2. The topological polar surface area (TPSA) is 84.5 Å². The largest absolute Gasteiger partial charge is 0.493 e. The molecule has 7 nitrogen and oxygen atoms in total. The minimum absolute atomic E-state index is 0.0606. The van der Waals surface area contributed by atoms with E-state index in [1.165, 1.54) is 31.0 Å². The van der Waals surface area contributed by atoms with Gasteiger partial charge in [-0.2, -0.15) is 4.31 Å². The van der Waals surface area contributed by atoms with Gasteiger partial charge in [-0.3, -0.25) is 0 Å². The van der Waals surface area contributed by atoms with Gasteiger partial charge in [-0.05, 0) is 17.7 Å². The SMILES string of the molecule is COc1ccc(CN(C)S(=O)(=O)c2cnc[nH]2)cc1OC. The molecule has 0 fully saturated rings. The lowest BCUT2D eigenvalue weighted by Crippen LogP contribution is -2.26. The molecule has 0 aliphatic heterocycles. The number of hydrogen-bond acceptors (Lipinski definition) is 5. The normalized spacial score (nSPS) is 11.6. The molecule has 0 unspecified atom stereocenters. The zero-order valence-electron chi connectivity index (χ0n) is 12.0. The van der Waals surface area contributed by atoms with Crippen molar-refractivity contribution in [3.05, 3.63) is 36.3 Å². The quantitative estimate of drug-likeness (QED) is 0.868. The molecule has 0 saturated heterocycles. The molecule has 1 heterocycles. The summed E-state index contributed by atoms with van der Waals surface area (Å²) in [6.45, 7) is 0.210. The van der Waals surface area contributed by atoms with Crippen LogP contribution < -0.4 is 9.47 Å². The van der Waals surface area contributed by atoms with E-state index in [-0.39, 0.29) is 11.6 Å². The smallest absolute Gasteiger partial charge is 0.260 e. The first-order chi connectivity index (χ1) is 9.98. The summed E-state index contributed by atoms with van der Waals surface area (Å²) in [6, 6.07) is 5.28. The molecule has 114 valence electrons. The number of nitrogens with zero attached hydrogens (tertiary/aromatic N) is 2. The number of aromatic amines is 1. The molecule has 0 aliphatic carbocycles. The zero-order valence-corrected chi connectivity index (χ0v) is 12.8. The van der Waals surface area contributed by atoms with Gasteiger partial charge >= 0.3 is 0 Å². The van der Waals surface area contributed by atoms with Gasteiger partial charge in [-0.1, -0.05) is 6.07 Å². The summed E-state index contributed by atoms with van der Waals surface area (Å²) in [4.78, 5) is 6.33. The van der Waals surface area contributed by atoms with Gasteiger partial charge in [0.25, 0.3) is 10.0 Å². The van der Waals surface area contributed by atoms with E-state index >= 15 is 0 Å². The van der Waals surface area contributed by atoms with Gasteiger partial charge in [-0.15, -0.1) is 0 Å². The number of nitrogens with one attached hydrogen (secondary N) is 1. The summed E-state index contributed by atoms with van der Waals surface area (Å²) in [5, 5.41) is 0.0606. The minimum atomic E-state index is -3.59. The van der Waals surface area contributed by atoms with Gasteiger partial charge in [0, 0.05) is 13.6 Å². The zero-order chi connectivity index (χ0) is 15.5. The van der Waals surface area contributed by atoms with Crippen LogP contribution in [0.4, 0.5) is 0 Å². The monoisotopic (exact) mass is 311 g/mol. The number of rotatable bonds is 6. The molecule has 0 bridgehead atoms. The van der Waals surface area contributed by atoms with E-state index in [2.05, 4.69) is 9.97 Å². The van der Waals surface area contributed by atoms with E-state index < -0.39 is 10.0 Å². The van der Waals surface area contributed by atoms with Gasteiger partial charge in [0.2, 0.25) is 0 Å². The van der Waals surface area contributed by atoms with Crippen LogP contribution in [0, 0.1) is 0 Å². The molecule has 0 saturated carbocycles. The van der Waals surface area contributed by atoms with Crippen molar-refractivity contribution < 1.29 is 17.9 Å². The van der Waals surface area contributed by atoms with Gasteiger partial charge in [-0.25, -0.2) is 13.4 Å². The number of ether oxygens (including phenoxy) is 2. The molecular formula is C13H17N3O4S. The van der Waals surface area contributed by atoms with E-state index in [9.17, 15) is 8.42 Å². The van der Waals surface area contributed by atoms with E-state index in [0.717, 1.165) is 5.56 Å². The molecule has 0 radical (unpaired) electrons. The molecule has 1 N–H and O–H groups in total. The Labute approximate surface area is 123 Å². The summed E-state index contributed by atoms with van der Waals surface area (Å²) in [5.74, 6) is 1.16. The van der Waals surface area contributed by atoms with Gasteiger partial charge in [0.1, 0.15) is 0 Å². The summed E-state index contributed by atoms with van der Waals surface area (Å²) in [7, 11) is 1.00. The Kier molecular flexibility index (Phi) is 4.49. The fraction of sp³-hybridized carbons (Fsp3) is 0.308. The van der Waals surface area contributed by atoms with E-state index in [0.29, 0.717) is 11.5 Å². The van der Waals surface area contributed by atoms with Crippen LogP contribution in [0.3, 0.4) is 0 Å². The molecule has 0 aliphatic rings. The van der Waals surface area contributed by atoms with Crippen LogP contribution in [0.5, 0.6) is 11.5 Å². The first kappa shape index (κ1) is 15.3. The molecule has 0 spiro atoms. The Morgan fingerprint density at radius 2 is 1.95 bits per heavy atom. The van der Waals surface area contributed by atoms with Crippen molar-refractivity contribution in [1.82, 2.24) is 14.3 Å². The second-order valence-corrected chi connectivity index (χ2v) is 6.38. The number of sulfonamides is 1. The third-order valence-electron chi connectivity index (χ3n) is 3.01. The van der Waals surface area contributed by atoms with Crippen molar-refractivity contribution in [3.8, 4) is 11.5 Å². The van der Waals surface area contributed by atoms with Crippen molar-refractivity contribution in [3.63, 3.8) is 0 Å². The third-order valence-corrected chi connectivity index (χ3v) is 4.74. The second kappa shape index (κ2) is 6.15. The maximum Gasteiger partial charge on any atom is 0.260 e. The first-order valence-electron chi connectivity index (χ1n) is 6.14. The van der Waals surface area contributed by atoms with E-state index in [1.807, 2.05) is 0 Å². The van der Waals surface area contributed by atoms with Crippen LogP contribution >= 0.6 is 0 Å². The number of H-pyrrole nitrogens is 1. The average Bonchev–Trinajstić information content (AvgIpc) is 3.01. The molecule has 21 heavy (non-hydrogen) atoms. The molecule has 2 aromatic rings. The van der Waals surface area contributed by atoms with Crippen molar-refractivity contribution in [2.75, 3.05) is 21.3 Å². The minimum Gasteiger partial charge on any atom is -0.493 e. The highest BCUT2D eigenvalue weighted by Gasteiger charge is 2.22. The standard InChI is InChI=1S/C13H17N3O4S/c1-16(21(17,18)13-7-14-9-15-13)8-10-4-5-11(19-2)12(6-10)20-3/h4-7,9H,8H2,1-3H3,(H,14,15). The predicted octanol–water partition coefficient (Wildman–Crippen LogP) is 1.25. The van der Waals surface area contributed by atoms with Crippen molar-refractivity contribution in [2.24, 2.45) is 0 Å². The molecule has 1 aromatic carbocycles. The van der Waals surface area contributed by atoms with Crippen LogP contribution in [0.2, 0.25) is 0 Å². The van der Waals surface area contributed by atoms with Crippen LogP contribution in [0.25, 0.3) is 0 Å². The third kappa shape index (κ3) is 3.17. The molecule has 8 heteroatoms. The lowest BCUT2D eigenvalue weighted by atomic mass is 10.2. The molecular weight excluding hydrogens is 294 g/mol. The Balaban J connectivity index is 2.22. The Hall–Kier alpha value is -2.06. The summed E-state index contributed by atoms with van der Waals surface area (Å²) in [6.07, 6.45) is 2.61. The number of imidazole rings is 1. The van der Waals surface area contributed by atoms with Crippen LogP contribution in [0.15, 0.2) is 35.7 Å². The van der Waals surface area contributed by atoms with Crippen molar-refractivity contribution in [1.29, 1.82) is 0 Å². The lowest BCUT2D eigenvalue weighted by molar-refractivity contribution is 0.354. The van der Waals surface area contributed by atoms with Crippen molar-refractivity contribution >= 4 is 10.0 Å². The molecule has 2 rings (SSSR count). The fourth-order valence-electron chi connectivity index (χ4n) is 1.87. The van der Waals surface area contributed by atoms with Crippen LogP contribution in [-0.4, -0.2) is 44.0 Å². The summed E-state index contributed by atoms with van der Waals surface area (Å²) >= 11 is 0. The van der Waals surface area contributed by atoms with Gasteiger partial charge < -0.3 is 14.5 Å². The molecule has 0 atom stereocenters. The Bertz CT molecular complexity index is 698. The number of hydrogen-bond donors (Lipinski definition) is 1. The summed E-state index contributed by atoms with van der Waals surface area (Å²) in [5.41, 5.74) is 0.790. The Morgan fingerprint density at radius 3 is 2.52 bits per heavy atom. The van der Waals surface area contributed by atoms with Gasteiger partial charge in [0.15, 0.2) is 16.5 Å². The Morgan fingerprint density at radius 1 is 1.24 bits per heavy atom.